The number of carbonyl (C=O) groups is 1. The first-order valence-corrected chi connectivity index (χ1v) is 8.28. The van der Waals surface area contributed by atoms with Crippen LogP contribution in [0.5, 0.6) is 5.75 Å². The average molecular weight is 319 g/mol. The molecule has 1 unspecified atom stereocenters. The molecular formula is C17H21NO3S. The zero-order valence-corrected chi connectivity index (χ0v) is 13.4. The topological polar surface area (TPSA) is 58.6 Å². The molecule has 5 heteroatoms. The Bertz CT molecular complexity index is 583. The number of aliphatic hydroxyl groups is 1. The highest BCUT2D eigenvalue weighted by molar-refractivity contribution is 7.09. The van der Waals surface area contributed by atoms with Gasteiger partial charge in [0, 0.05) is 17.0 Å². The lowest BCUT2D eigenvalue weighted by Crippen LogP contribution is -2.27. The van der Waals surface area contributed by atoms with E-state index >= 15 is 0 Å². The number of aliphatic hydroxyl groups excluding tert-OH is 1. The second kappa shape index (κ2) is 8.56. The maximum absolute atomic E-state index is 12.1. The van der Waals surface area contributed by atoms with Gasteiger partial charge in [-0.05, 0) is 42.5 Å². The number of rotatable bonds is 8. The van der Waals surface area contributed by atoms with Gasteiger partial charge in [-0.25, -0.2) is 0 Å². The predicted molar refractivity (Wildman–Crippen MR) is 88.3 cm³/mol. The molecule has 1 aromatic carbocycles. The fourth-order valence-corrected chi connectivity index (χ4v) is 2.55. The molecule has 4 nitrogen and oxygen atoms in total. The first kappa shape index (κ1) is 16.5. The highest BCUT2D eigenvalue weighted by atomic mass is 32.1. The summed E-state index contributed by atoms with van der Waals surface area (Å²) in [6, 6.07) is 11.1. The smallest absolute Gasteiger partial charge is 0.251 e. The van der Waals surface area contributed by atoms with E-state index in [9.17, 15) is 9.90 Å². The molecule has 0 aliphatic carbocycles. The second-order valence-electron chi connectivity index (χ2n) is 5.00. The van der Waals surface area contributed by atoms with E-state index in [2.05, 4.69) is 5.32 Å². The first-order valence-electron chi connectivity index (χ1n) is 7.40. The van der Waals surface area contributed by atoms with E-state index in [1.54, 1.807) is 29.5 Å². The van der Waals surface area contributed by atoms with Crippen LogP contribution in [0, 0.1) is 0 Å². The van der Waals surface area contributed by atoms with Gasteiger partial charge in [0.05, 0.1) is 6.10 Å². The zero-order valence-electron chi connectivity index (χ0n) is 12.6. The molecule has 2 N–H and O–H groups in total. The Hall–Kier alpha value is -1.85. The number of hydrogen-bond acceptors (Lipinski definition) is 4. The van der Waals surface area contributed by atoms with Crippen LogP contribution in [-0.4, -0.2) is 23.7 Å². The van der Waals surface area contributed by atoms with E-state index in [1.165, 1.54) is 0 Å². The van der Waals surface area contributed by atoms with Crippen molar-refractivity contribution in [3.05, 3.63) is 52.2 Å². The van der Waals surface area contributed by atoms with Gasteiger partial charge in [-0.2, -0.15) is 0 Å². The molecule has 0 aliphatic rings. The van der Waals surface area contributed by atoms with Crippen molar-refractivity contribution in [3.63, 3.8) is 0 Å². The van der Waals surface area contributed by atoms with Gasteiger partial charge in [0.1, 0.15) is 12.4 Å². The molecule has 0 saturated heterocycles. The van der Waals surface area contributed by atoms with Crippen molar-refractivity contribution in [2.45, 2.75) is 32.5 Å². The van der Waals surface area contributed by atoms with Crippen LogP contribution in [0.4, 0.5) is 0 Å². The van der Waals surface area contributed by atoms with E-state index in [0.717, 1.165) is 4.88 Å². The monoisotopic (exact) mass is 319 g/mol. The molecule has 0 fully saturated rings. The normalized spacial score (nSPS) is 11.9. The van der Waals surface area contributed by atoms with E-state index in [1.807, 2.05) is 30.5 Å². The van der Waals surface area contributed by atoms with Crippen molar-refractivity contribution >= 4 is 17.2 Å². The average Bonchev–Trinajstić information content (AvgIpc) is 3.06. The summed E-state index contributed by atoms with van der Waals surface area (Å²) < 4.78 is 5.69. The number of hydrogen-bond donors (Lipinski definition) is 2. The zero-order chi connectivity index (χ0) is 15.8. The van der Waals surface area contributed by atoms with Gasteiger partial charge in [0.15, 0.2) is 0 Å². The number of nitrogens with one attached hydrogen (secondary N) is 1. The van der Waals surface area contributed by atoms with Gasteiger partial charge in [-0.15, -0.1) is 11.3 Å². The van der Waals surface area contributed by atoms with E-state index in [-0.39, 0.29) is 12.0 Å². The number of thiophene rings is 1. The van der Waals surface area contributed by atoms with Crippen LogP contribution in [0.2, 0.25) is 0 Å². The van der Waals surface area contributed by atoms with Crippen LogP contribution in [0.1, 0.15) is 35.0 Å². The summed E-state index contributed by atoms with van der Waals surface area (Å²) in [6.45, 7) is 2.89. The fourth-order valence-electron chi connectivity index (χ4n) is 1.93. The van der Waals surface area contributed by atoms with Crippen molar-refractivity contribution < 1.29 is 14.6 Å². The molecule has 1 aromatic heterocycles. The van der Waals surface area contributed by atoms with Gasteiger partial charge in [0.25, 0.3) is 5.91 Å². The number of benzene rings is 1. The minimum atomic E-state index is -0.360. The summed E-state index contributed by atoms with van der Waals surface area (Å²) >= 11 is 1.64. The van der Waals surface area contributed by atoms with Crippen molar-refractivity contribution in [2.24, 2.45) is 0 Å². The maximum Gasteiger partial charge on any atom is 0.251 e. The summed E-state index contributed by atoms with van der Waals surface area (Å²) in [5.41, 5.74) is 0.565. The number of ether oxygens (including phenoxy) is 1. The highest BCUT2D eigenvalue weighted by Gasteiger charge is 2.08. The summed E-state index contributed by atoms with van der Waals surface area (Å²) in [4.78, 5) is 13.2. The third-order valence-corrected chi connectivity index (χ3v) is 4.14. The Kier molecular flexibility index (Phi) is 6.43. The molecular weight excluding hydrogens is 298 g/mol. The fraction of sp³-hybridized carbons (Fsp3) is 0.353. The molecule has 1 atom stereocenters. The molecule has 2 rings (SSSR count). The Morgan fingerprint density at radius 3 is 2.95 bits per heavy atom. The number of carbonyl (C=O) groups excluding carboxylic acids is 1. The lowest BCUT2D eigenvalue weighted by atomic mass is 10.2. The van der Waals surface area contributed by atoms with E-state index < -0.39 is 0 Å². The maximum atomic E-state index is 12.1. The molecule has 2 aromatic rings. The van der Waals surface area contributed by atoms with Crippen molar-refractivity contribution in [2.75, 3.05) is 6.54 Å². The minimum Gasteiger partial charge on any atom is -0.488 e. The molecule has 0 bridgehead atoms. The van der Waals surface area contributed by atoms with Crippen LogP contribution in [0.3, 0.4) is 0 Å². The molecule has 0 saturated carbocycles. The van der Waals surface area contributed by atoms with Gasteiger partial charge < -0.3 is 15.2 Å². The van der Waals surface area contributed by atoms with Crippen LogP contribution in [-0.2, 0) is 6.61 Å². The van der Waals surface area contributed by atoms with Crippen LogP contribution in [0.15, 0.2) is 41.8 Å². The van der Waals surface area contributed by atoms with Crippen LogP contribution in [0.25, 0.3) is 0 Å². The summed E-state index contributed by atoms with van der Waals surface area (Å²) in [5.74, 6) is 0.527. The Labute approximate surface area is 134 Å². The number of amides is 1. The van der Waals surface area contributed by atoms with Gasteiger partial charge in [-0.1, -0.05) is 19.1 Å². The Morgan fingerprint density at radius 1 is 1.36 bits per heavy atom. The Balaban J connectivity index is 1.85. The molecule has 0 spiro atoms. The summed E-state index contributed by atoms with van der Waals surface area (Å²) in [7, 11) is 0. The molecule has 1 amide bonds. The van der Waals surface area contributed by atoms with Crippen LogP contribution < -0.4 is 10.1 Å². The quantitative estimate of drug-likeness (QED) is 0.785. The minimum absolute atomic E-state index is 0.148. The molecule has 118 valence electrons. The lowest BCUT2D eigenvalue weighted by Gasteiger charge is -2.10. The highest BCUT2D eigenvalue weighted by Crippen LogP contribution is 2.17. The second-order valence-corrected chi connectivity index (χ2v) is 6.03. The molecule has 0 radical (unpaired) electrons. The van der Waals surface area contributed by atoms with Crippen molar-refractivity contribution in [1.29, 1.82) is 0 Å². The SMILES string of the molecule is CCC(O)CCNC(=O)c1cccc(OCc2cccs2)c1. The van der Waals surface area contributed by atoms with E-state index in [4.69, 9.17) is 4.74 Å². The van der Waals surface area contributed by atoms with Gasteiger partial charge in [-0.3, -0.25) is 4.79 Å². The lowest BCUT2D eigenvalue weighted by molar-refractivity contribution is 0.0941. The summed E-state index contributed by atoms with van der Waals surface area (Å²) in [6.07, 6.45) is 0.902. The van der Waals surface area contributed by atoms with Gasteiger partial charge >= 0.3 is 0 Å². The molecule has 0 aliphatic heterocycles. The third kappa shape index (κ3) is 5.16. The van der Waals surface area contributed by atoms with Gasteiger partial charge in [0.2, 0.25) is 0 Å². The molecule has 1 heterocycles. The third-order valence-electron chi connectivity index (χ3n) is 3.29. The van der Waals surface area contributed by atoms with Crippen molar-refractivity contribution in [1.82, 2.24) is 5.32 Å². The predicted octanol–water partition coefficient (Wildman–Crippen LogP) is 3.22. The first-order chi connectivity index (χ1) is 10.7. The van der Waals surface area contributed by atoms with E-state index in [0.29, 0.717) is 37.3 Å². The standard InChI is InChI=1S/C17H21NO3S/c1-2-14(19)8-9-18-17(20)13-5-3-6-15(11-13)21-12-16-7-4-10-22-16/h3-7,10-11,14,19H,2,8-9,12H2,1H3,(H,18,20). The van der Waals surface area contributed by atoms with Crippen LogP contribution >= 0.6 is 11.3 Å². The van der Waals surface area contributed by atoms with Crippen molar-refractivity contribution in [3.8, 4) is 5.75 Å². The largest absolute Gasteiger partial charge is 0.488 e. The summed E-state index contributed by atoms with van der Waals surface area (Å²) in [5, 5.41) is 14.3. The molecule has 22 heavy (non-hydrogen) atoms. The Morgan fingerprint density at radius 2 is 2.23 bits per heavy atom.